The Morgan fingerprint density at radius 3 is 2.78 bits per heavy atom. The van der Waals surface area contributed by atoms with Crippen LogP contribution in [0.25, 0.3) is 10.9 Å². The molecule has 1 fully saturated rings. The third kappa shape index (κ3) is 2.95. The highest BCUT2D eigenvalue weighted by Gasteiger charge is 2.33. The number of rotatable bonds is 5. The molecule has 1 aliphatic heterocycles. The number of amides is 1. The first-order valence-corrected chi connectivity index (χ1v) is 10.0. The number of pyridine rings is 1. The van der Waals surface area contributed by atoms with Crippen molar-refractivity contribution in [1.82, 2.24) is 4.57 Å². The van der Waals surface area contributed by atoms with Crippen LogP contribution in [0.3, 0.4) is 0 Å². The molecule has 0 bridgehead atoms. The normalized spacial score (nSPS) is 18.7. The van der Waals surface area contributed by atoms with Gasteiger partial charge in [-0.3, -0.25) is 9.59 Å². The molecule has 1 aromatic carbocycles. The summed E-state index contributed by atoms with van der Waals surface area (Å²) in [6.07, 6.45) is 5.29. The summed E-state index contributed by atoms with van der Waals surface area (Å²) in [5.74, 6) is -1.55. The van der Waals surface area contributed by atoms with Gasteiger partial charge in [-0.1, -0.05) is 0 Å². The van der Waals surface area contributed by atoms with E-state index in [9.17, 15) is 19.5 Å². The first kappa shape index (κ1) is 17.8. The van der Waals surface area contributed by atoms with E-state index in [0.29, 0.717) is 6.42 Å². The molecule has 1 aromatic heterocycles. The number of fused-ring (bicyclic) bond motifs is 2. The van der Waals surface area contributed by atoms with E-state index in [2.05, 4.69) is 10.6 Å². The monoisotopic (exact) mass is 391 g/mol. The molecule has 7 nitrogen and oxygen atoms in total. The number of aromatic carboxylic acids is 1. The van der Waals surface area contributed by atoms with Crippen molar-refractivity contribution in [3.63, 3.8) is 0 Å². The zero-order valence-electron chi connectivity index (χ0n) is 14.5. The van der Waals surface area contributed by atoms with Gasteiger partial charge in [0.15, 0.2) is 5.82 Å². The average Bonchev–Trinajstić information content (AvgIpc) is 3.46. The lowest BCUT2D eigenvalue weighted by molar-refractivity contribution is -0.117. The average molecular weight is 391 g/mol. The highest BCUT2D eigenvalue weighted by molar-refractivity contribution is 7.98. The minimum Gasteiger partial charge on any atom is -0.477 e. The molecular weight excluding hydrogens is 373 g/mol. The molecule has 4 rings (SSSR count). The fourth-order valence-corrected chi connectivity index (χ4v) is 3.88. The lowest BCUT2D eigenvalue weighted by Crippen LogP contribution is -2.40. The van der Waals surface area contributed by atoms with Gasteiger partial charge < -0.3 is 20.3 Å². The van der Waals surface area contributed by atoms with E-state index in [4.69, 9.17) is 0 Å². The van der Waals surface area contributed by atoms with Gasteiger partial charge in [-0.15, -0.1) is 0 Å². The van der Waals surface area contributed by atoms with Crippen molar-refractivity contribution in [1.29, 1.82) is 0 Å². The maximum atomic E-state index is 15.4. The van der Waals surface area contributed by atoms with Gasteiger partial charge >= 0.3 is 5.97 Å². The van der Waals surface area contributed by atoms with Crippen LogP contribution in [0.2, 0.25) is 0 Å². The van der Waals surface area contributed by atoms with Crippen LogP contribution in [0.5, 0.6) is 0 Å². The molecule has 1 amide bonds. The molecule has 27 heavy (non-hydrogen) atoms. The first-order valence-electron chi connectivity index (χ1n) is 8.63. The number of carboxylic acids is 1. The topological polar surface area (TPSA) is 100 Å². The zero-order valence-corrected chi connectivity index (χ0v) is 15.4. The van der Waals surface area contributed by atoms with E-state index in [1.54, 1.807) is 16.3 Å². The van der Waals surface area contributed by atoms with Crippen LogP contribution in [-0.4, -0.2) is 39.6 Å². The largest absolute Gasteiger partial charge is 0.477 e. The van der Waals surface area contributed by atoms with E-state index in [0.717, 1.165) is 18.6 Å². The van der Waals surface area contributed by atoms with Gasteiger partial charge in [0.05, 0.1) is 22.3 Å². The van der Waals surface area contributed by atoms with Crippen LogP contribution >= 0.6 is 11.8 Å². The van der Waals surface area contributed by atoms with Gasteiger partial charge in [-0.05, 0) is 37.3 Å². The number of halogens is 1. The lowest BCUT2D eigenvalue weighted by atomic mass is 10.0. The van der Waals surface area contributed by atoms with Gasteiger partial charge in [-0.25, -0.2) is 9.18 Å². The second kappa shape index (κ2) is 6.56. The van der Waals surface area contributed by atoms with E-state index >= 15 is 4.39 Å². The number of hydrogen-bond donors (Lipinski definition) is 3. The summed E-state index contributed by atoms with van der Waals surface area (Å²) in [5, 5.41) is 14.9. The molecule has 0 unspecified atom stereocenters. The summed E-state index contributed by atoms with van der Waals surface area (Å²) in [6.45, 7) is 0. The summed E-state index contributed by atoms with van der Waals surface area (Å²) < 4.78 is 17.0. The van der Waals surface area contributed by atoms with Crippen LogP contribution in [0.4, 0.5) is 15.8 Å². The number of thioether (sulfide) groups is 1. The van der Waals surface area contributed by atoms with Crippen LogP contribution < -0.4 is 16.1 Å². The molecular formula is C18H18FN3O4S. The summed E-state index contributed by atoms with van der Waals surface area (Å²) in [7, 11) is 0. The van der Waals surface area contributed by atoms with Crippen molar-refractivity contribution in [2.45, 2.75) is 31.3 Å². The summed E-state index contributed by atoms with van der Waals surface area (Å²) in [6, 6.07) is 0.789. The Labute approximate surface area is 157 Å². The molecule has 142 valence electrons. The highest BCUT2D eigenvalue weighted by Crippen LogP contribution is 2.41. The Morgan fingerprint density at radius 2 is 2.15 bits per heavy atom. The molecule has 1 saturated carbocycles. The molecule has 1 atom stereocenters. The number of aromatic nitrogens is 1. The minimum absolute atomic E-state index is 0.0239. The van der Waals surface area contributed by atoms with Gasteiger partial charge in [0.1, 0.15) is 11.6 Å². The van der Waals surface area contributed by atoms with Crippen LogP contribution in [0.1, 0.15) is 35.7 Å². The molecule has 2 aliphatic rings. The summed E-state index contributed by atoms with van der Waals surface area (Å²) in [5.41, 5.74) is -0.771. The number of carboxylic acid groups (broad SMARTS) is 1. The Kier molecular flexibility index (Phi) is 4.33. The molecule has 0 radical (unpaired) electrons. The zero-order chi connectivity index (χ0) is 19.3. The Morgan fingerprint density at radius 1 is 1.41 bits per heavy atom. The molecule has 2 aromatic rings. The first-order chi connectivity index (χ1) is 12.9. The lowest BCUT2D eigenvalue weighted by Gasteiger charge is -2.28. The third-order valence-electron chi connectivity index (χ3n) is 4.93. The number of benzene rings is 1. The van der Waals surface area contributed by atoms with Gasteiger partial charge in [0, 0.05) is 12.2 Å². The predicted octanol–water partition coefficient (Wildman–Crippen LogP) is 2.66. The number of carbonyl (C=O) groups excluding carboxylic acids is 1. The molecule has 1 aliphatic carbocycles. The van der Waals surface area contributed by atoms with Crippen molar-refractivity contribution >= 4 is 45.9 Å². The molecule has 0 saturated heterocycles. The second-order valence-electron chi connectivity index (χ2n) is 6.79. The minimum atomic E-state index is -1.35. The number of hydrogen-bond acceptors (Lipinski definition) is 5. The fraction of sp³-hybridized carbons (Fsp3) is 0.389. The van der Waals surface area contributed by atoms with Crippen molar-refractivity contribution in [3.8, 4) is 0 Å². The highest BCUT2D eigenvalue weighted by atomic mass is 32.2. The fourth-order valence-electron chi connectivity index (χ4n) is 3.40. The second-order valence-corrected chi connectivity index (χ2v) is 7.78. The molecule has 0 spiro atoms. The number of nitrogens with zero attached hydrogens (tertiary/aromatic N) is 1. The molecule has 2 heterocycles. The van der Waals surface area contributed by atoms with Crippen molar-refractivity contribution in [2.24, 2.45) is 0 Å². The number of nitrogens with one attached hydrogen (secondary N) is 2. The van der Waals surface area contributed by atoms with E-state index < -0.39 is 28.8 Å². The van der Waals surface area contributed by atoms with E-state index in [1.165, 1.54) is 12.3 Å². The third-order valence-corrected chi connectivity index (χ3v) is 5.57. The summed E-state index contributed by atoms with van der Waals surface area (Å²) >= 11 is 1.59. The van der Waals surface area contributed by atoms with Crippen LogP contribution in [0, 0.1) is 5.82 Å². The number of carbonyl (C=O) groups is 2. The maximum Gasteiger partial charge on any atom is 0.341 e. The van der Waals surface area contributed by atoms with E-state index in [1.807, 2.05) is 6.26 Å². The SMILES string of the molecule is CSCC[C@@H]1Nc2c(cc3c(=O)c(C(=O)O)cn(C4CC4)c3c2F)NC1=O. The van der Waals surface area contributed by atoms with Gasteiger partial charge in [-0.2, -0.15) is 11.8 Å². The van der Waals surface area contributed by atoms with Gasteiger partial charge in [0.25, 0.3) is 0 Å². The van der Waals surface area contributed by atoms with Crippen LogP contribution in [0.15, 0.2) is 17.1 Å². The van der Waals surface area contributed by atoms with Crippen LogP contribution in [-0.2, 0) is 4.79 Å². The molecule has 9 heteroatoms. The maximum absolute atomic E-state index is 15.4. The summed E-state index contributed by atoms with van der Waals surface area (Å²) in [4.78, 5) is 36.3. The van der Waals surface area contributed by atoms with Crippen molar-refractivity contribution in [2.75, 3.05) is 22.6 Å². The van der Waals surface area contributed by atoms with Crippen molar-refractivity contribution < 1.29 is 19.1 Å². The number of anilines is 2. The van der Waals surface area contributed by atoms with Crippen molar-refractivity contribution in [3.05, 3.63) is 33.9 Å². The standard InChI is InChI=1S/C18H18FN3O4S/c1-27-5-4-11-17(24)21-12-6-9-15(13(19)14(12)20-11)22(8-2-3-8)7-10(16(9)23)18(25)26/h6-8,11,20H,2-5H2,1H3,(H,21,24)(H,25,26)/t11-/m0/s1. The Hall–Kier alpha value is -2.55. The molecule has 3 N–H and O–H groups in total. The Bertz CT molecular complexity index is 1030. The quantitative estimate of drug-likeness (QED) is 0.725. The van der Waals surface area contributed by atoms with Gasteiger partial charge in [0.2, 0.25) is 11.3 Å². The Balaban J connectivity index is 1.93. The smallest absolute Gasteiger partial charge is 0.341 e. The predicted molar refractivity (Wildman–Crippen MR) is 102 cm³/mol. The van der Waals surface area contributed by atoms with E-state index in [-0.39, 0.29) is 34.2 Å².